The summed E-state index contributed by atoms with van der Waals surface area (Å²) in [4.78, 5) is 13.9. The van der Waals surface area contributed by atoms with Crippen molar-refractivity contribution in [2.24, 2.45) is 23.2 Å². The Morgan fingerprint density at radius 2 is 1.62 bits per heavy atom. The maximum absolute atomic E-state index is 13.9. The number of carbonyl (C=O) groups excluding carboxylic acids is 1. The molecule has 0 spiro atoms. The number of benzene rings is 2. The number of ketones is 1. The molecular weight excluding hydrogens is 478 g/mol. The molecule has 37 heavy (non-hydrogen) atoms. The summed E-state index contributed by atoms with van der Waals surface area (Å²) in [6, 6.07) is 18.6. The first-order valence-corrected chi connectivity index (χ1v) is 14.8. The van der Waals surface area contributed by atoms with Crippen LogP contribution in [0.5, 0.6) is 5.75 Å². The van der Waals surface area contributed by atoms with Gasteiger partial charge in [-0.05, 0) is 92.9 Å². The normalized spacial score (nSPS) is 26.8. The van der Waals surface area contributed by atoms with Crippen molar-refractivity contribution in [3.8, 4) is 5.75 Å². The minimum Gasteiger partial charge on any atom is -0.486 e. The maximum Gasteiger partial charge on any atom is 0.192 e. The van der Waals surface area contributed by atoms with Gasteiger partial charge >= 0.3 is 0 Å². The quantitative estimate of drug-likeness (QED) is 0.280. The largest absolute Gasteiger partial charge is 0.486 e. The molecule has 2 aromatic carbocycles. The van der Waals surface area contributed by atoms with Gasteiger partial charge in [0.05, 0.1) is 11.8 Å². The summed E-state index contributed by atoms with van der Waals surface area (Å²) in [6.45, 7) is 5.22. The summed E-state index contributed by atoms with van der Waals surface area (Å²) in [5.74, 6) is 4.35. The Balaban J connectivity index is 1.21. The van der Waals surface area contributed by atoms with Gasteiger partial charge in [-0.15, -0.1) is 10.2 Å². The lowest BCUT2D eigenvalue weighted by Crippen LogP contribution is -2.51. The fourth-order valence-electron chi connectivity index (χ4n) is 7.46. The summed E-state index contributed by atoms with van der Waals surface area (Å²) in [5.41, 5.74) is 2.37. The van der Waals surface area contributed by atoms with Crippen LogP contribution < -0.4 is 4.74 Å². The number of rotatable bonds is 10. The van der Waals surface area contributed by atoms with Gasteiger partial charge in [0, 0.05) is 5.41 Å². The molecule has 7 rings (SSSR count). The first-order chi connectivity index (χ1) is 18.0. The second kappa shape index (κ2) is 10.3. The first-order valence-electron chi connectivity index (χ1n) is 13.9. The average molecular weight is 516 g/mol. The minimum absolute atomic E-state index is 0.0952. The molecule has 0 saturated heterocycles. The van der Waals surface area contributed by atoms with Crippen molar-refractivity contribution in [2.75, 3.05) is 0 Å². The second-order valence-electron chi connectivity index (χ2n) is 11.6. The monoisotopic (exact) mass is 515 g/mol. The van der Waals surface area contributed by atoms with Gasteiger partial charge < -0.3 is 4.74 Å². The van der Waals surface area contributed by atoms with E-state index in [9.17, 15) is 4.79 Å². The molecule has 4 saturated carbocycles. The number of aromatic nitrogens is 3. The zero-order valence-electron chi connectivity index (χ0n) is 21.9. The zero-order chi connectivity index (χ0) is 25.4. The van der Waals surface area contributed by atoms with Crippen LogP contribution in [0.25, 0.3) is 0 Å². The fourth-order valence-corrected chi connectivity index (χ4v) is 8.52. The molecule has 4 aliphatic rings. The molecule has 3 aromatic rings. The third-order valence-electron chi connectivity index (χ3n) is 8.89. The fraction of sp³-hybridized carbons (Fsp3) is 0.516. The molecule has 1 aromatic heterocycles. The molecule has 6 heteroatoms. The van der Waals surface area contributed by atoms with Crippen LogP contribution in [0.15, 0.2) is 59.8 Å². The number of hydrogen-bond acceptors (Lipinski definition) is 5. The van der Waals surface area contributed by atoms with Crippen LogP contribution in [-0.4, -0.2) is 25.8 Å². The lowest BCUT2D eigenvalue weighted by molar-refractivity contribution is -0.143. The topological polar surface area (TPSA) is 57.0 Å². The number of carbonyl (C=O) groups is 1. The summed E-state index contributed by atoms with van der Waals surface area (Å²) in [5, 5.41) is 9.75. The predicted octanol–water partition coefficient (Wildman–Crippen LogP) is 6.73. The van der Waals surface area contributed by atoms with E-state index >= 15 is 0 Å². The Morgan fingerprint density at radius 1 is 0.973 bits per heavy atom. The Kier molecular flexibility index (Phi) is 6.87. The third kappa shape index (κ3) is 5.09. The van der Waals surface area contributed by atoms with Gasteiger partial charge in [0.15, 0.2) is 16.8 Å². The number of nitrogens with zero attached hydrogens (tertiary/aromatic N) is 3. The van der Waals surface area contributed by atoms with Crippen molar-refractivity contribution in [2.45, 2.75) is 82.4 Å². The molecule has 0 N–H and O–H groups in total. The van der Waals surface area contributed by atoms with Crippen molar-refractivity contribution >= 4 is 17.5 Å². The van der Waals surface area contributed by atoms with Gasteiger partial charge in [-0.25, -0.2) is 0 Å². The molecular formula is C31H37N3O2S. The van der Waals surface area contributed by atoms with Gasteiger partial charge in [-0.2, -0.15) is 0 Å². The molecule has 4 aliphatic carbocycles. The molecule has 0 radical (unpaired) electrons. The number of Topliss-reactive ketones (excluding diaryl/α,β-unsaturated/α-hetero) is 1. The van der Waals surface area contributed by atoms with Gasteiger partial charge in [0.25, 0.3) is 0 Å². The van der Waals surface area contributed by atoms with Crippen LogP contribution in [0.1, 0.15) is 69.3 Å². The van der Waals surface area contributed by atoms with Crippen molar-refractivity contribution in [3.63, 3.8) is 0 Å². The molecule has 4 fully saturated rings. The highest BCUT2D eigenvalue weighted by molar-refractivity contribution is 8.00. The molecule has 5 nitrogen and oxygen atoms in total. The number of ether oxygens (including phenoxy) is 1. The molecule has 1 heterocycles. The van der Waals surface area contributed by atoms with E-state index in [2.05, 4.69) is 65.0 Å². The molecule has 0 aliphatic heterocycles. The summed E-state index contributed by atoms with van der Waals surface area (Å²) >= 11 is 1.58. The highest BCUT2D eigenvalue weighted by Gasteiger charge is 2.55. The van der Waals surface area contributed by atoms with Crippen molar-refractivity contribution in [3.05, 3.63) is 71.5 Å². The van der Waals surface area contributed by atoms with Gasteiger partial charge in [0.1, 0.15) is 12.4 Å². The summed E-state index contributed by atoms with van der Waals surface area (Å²) in [6.07, 6.45) is 8.38. The van der Waals surface area contributed by atoms with E-state index in [-0.39, 0.29) is 10.7 Å². The van der Waals surface area contributed by atoms with E-state index in [1.165, 1.54) is 30.4 Å². The molecule has 194 valence electrons. The Morgan fingerprint density at radius 3 is 2.24 bits per heavy atom. The zero-order valence-corrected chi connectivity index (χ0v) is 22.8. The lowest BCUT2D eigenvalue weighted by atomic mass is 9.48. The van der Waals surface area contributed by atoms with E-state index in [1.54, 1.807) is 11.8 Å². The average Bonchev–Trinajstić information content (AvgIpc) is 3.27. The standard InChI is InChI=1S/C31H37N3O2S/c1-3-22-9-11-27(12-10-22)36-20-28-32-33-30(34(28)19-23-7-5-4-6-8-23)37-21(2)29(35)31-16-24-13-25(17-31)15-26(14-24)18-31/h4-12,21,24-26H,3,13-20H2,1-2H3. The van der Waals surface area contributed by atoms with E-state index in [0.29, 0.717) is 18.9 Å². The van der Waals surface area contributed by atoms with Crippen LogP contribution in [0.3, 0.4) is 0 Å². The van der Waals surface area contributed by atoms with E-state index < -0.39 is 0 Å². The maximum atomic E-state index is 13.9. The van der Waals surface area contributed by atoms with Crippen molar-refractivity contribution in [1.29, 1.82) is 0 Å². The van der Waals surface area contributed by atoms with Gasteiger partial charge in [0.2, 0.25) is 0 Å². The number of thioether (sulfide) groups is 1. The molecule has 0 amide bonds. The third-order valence-corrected chi connectivity index (χ3v) is 9.97. The van der Waals surface area contributed by atoms with Crippen LogP contribution >= 0.6 is 11.8 Å². The Bertz CT molecular complexity index is 1200. The van der Waals surface area contributed by atoms with Crippen LogP contribution in [0.2, 0.25) is 0 Å². The SMILES string of the molecule is CCc1ccc(OCc2nnc(SC(C)C(=O)C34CC5CC(CC(C5)C3)C4)n2Cc2ccccc2)cc1. The van der Waals surface area contributed by atoms with Crippen LogP contribution in [0, 0.1) is 23.2 Å². The highest BCUT2D eigenvalue weighted by atomic mass is 32.2. The van der Waals surface area contributed by atoms with Crippen molar-refractivity contribution < 1.29 is 9.53 Å². The van der Waals surface area contributed by atoms with Crippen molar-refractivity contribution in [1.82, 2.24) is 14.8 Å². The molecule has 4 bridgehead atoms. The smallest absolute Gasteiger partial charge is 0.192 e. The lowest BCUT2D eigenvalue weighted by Gasteiger charge is -2.56. The van der Waals surface area contributed by atoms with E-state index in [0.717, 1.165) is 60.2 Å². The Hall–Kier alpha value is -2.60. The van der Waals surface area contributed by atoms with Crippen LogP contribution in [0.4, 0.5) is 0 Å². The first kappa shape index (κ1) is 24.7. The summed E-state index contributed by atoms with van der Waals surface area (Å²) < 4.78 is 8.23. The number of aryl methyl sites for hydroxylation is 1. The second-order valence-corrected chi connectivity index (χ2v) is 12.9. The highest BCUT2D eigenvalue weighted by Crippen LogP contribution is 2.61. The molecule has 1 atom stereocenters. The Labute approximate surface area is 224 Å². The molecule has 1 unspecified atom stereocenters. The van der Waals surface area contributed by atoms with Gasteiger partial charge in [-0.3, -0.25) is 9.36 Å². The van der Waals surface area contributed by atoms with Crippen LogP contribution in [-0.2, 0) is 24.4 Å². The van der Waals surface area contributed by atoms with Gasteiger partial charge in [-0.1, -0.05) is 61.2 Å². The number of hydrogen-bond donors (Lipinski definition) is 0. The van der Waals surface area contributed by atoms with E-state index in [1.807, 2.05) is 18.2 Å². The minimum atomic E-state index is -0.134. The van der Waals surface area contributed by atoms with E-state index in [4.69, 9.17) is 4.74 Å². The summed E-state index contributed by atoms with van der Waals surface area (Å²) in [7, 11) is 0. The predicted molar refractivity (Wildman–Crippen MR) is 147 cm³/mol.